The van der Waals surface area contributed by atoms with Crippen molar-refractivity contribution in [3.63, 3.8) is 0 Å². The first-order valence-electron chi connectivity index (χ1n) is 6.35. The first-order valence-corrected chi connectivity index (χ1v) is 6.35. The molecular weight excluding hydrogens is 186 g/mol. The summed E-state index contributed by atoms with van der Waals surface area (Å²) < 4.78 is 6.03. The number of nitrogens with two attached hydrogens (primary N) is 1. The van der Waals surface area contributed by atoms with Crippen LogP contribution in [0.1, 0.15) is 59.3 Å². The predicted octanol–water partition coefficient (Wildman–Crippen LogP) is 2.85. The van der Waals surface area contributed by atoms with Gasteiger partial charge in [0.1, 0.15) is 0 Å². The van der Waals surface area contributed by atoms with Gasteiger partial charge in [0.15, 0.2) is 0 Å². The van der Waals surface area contributed by atoms with Gasteiger partial charge in [0, 0.05) is 5.54 Å². The topological polar surface area (TPSA) is 35.2 Å². The third kappa shape index (κ3) is 2.73. The summed E-state index contributed by atoms with van der Waals surface area (Å²) in [5, 5.41) is 0. The molecule has 3 atom stereocenters. The van der Waals surface area contributed by atoms with Gasteiger partial charge in [0.2, 0.25) is 0 Å². The molecule has 3 unspecified atom stereocenters. The van der Waals surface area contributed by atoms with E-state index in [9.17, 15) is 0 Å². The molecular formula is C13H25NO. The highest BCUT2D eigenvalue weighted by atomic mass is 16.5. The van der Waals surface area contributed by atoms with E-state index in [1.54, 1.807) is 0 Å². The molecule has 1 aliphatic heterocycles. The van der Waals surface area contributed by atoms with Gasteiger partial charge in [0.25, 0.3) is 0 Å². The molecule has 0 aromatic rings. The molecule has 2 fully saturated rings. The normalized spacial score (nSPS) is 44.8. The molecule has 88 valence electrons. The van der Waals surface area contributed by atoms with Crippen LogP contribution in [0, 0.1) is 5.92 Å². The lowest BCUT2D eigenvalue weighted by Gasteiger charge is -2.28. The number of hydrogen-bond acceptors (Lipinski definition) is 2. The molecule has 0 spiro atoms. The van der Waals surface area contributed by atoms with Gasteiger partial charge >= 0.3 is 0 Å². The lowest BCUT2D eigenvalue weighted by atomic mass is 9.89. The molecule has 1 aliphatic carbocycles. The third-order valence-electron chi connectivity index (χ3n) is 4.08. The fraction of sp³-hybridized carbons (Fsp3) is 1.00. The number of hydrogen-bond donors (Lipinski definition) is 1. The molecule has 2 heteroatoms. The lowest BCUT2D eigenvalue weighted by molar-refractivity contribution is -0.0267. The Bertz CT molecular complexity index is 239. The fourth-order valence-electron chi connectivity index (χ4n) is 3.29. The number of rotatable bonds is 2. The summed E-state index contributed by atoms with van der Waals surface area (Å²) in [6, 6.07) is 0. The second-order valence-electron chi connectivity index (χ2n) is 6.45. The van der Waals surface area contributed by atoms with Crippen LogP contribution in [-0.2, 0) is 4.74 Å². The van der Waals surface area contributed by atoms with E-state index in [0.29, 0.717) is 6.10 Å². The Morgan fingerprint density at radius 1 is 1.27 bits per heavy atom. The summed E-state index contributed by atoms with van der Waals surface area (Å²) in [5.74, 6) is 0.810. The van der Waals surface area contributed by atoms with Crippen molar-refractivity contribution in [1.29, 1.82) is 0 Å². The van der Waals surface area contributed by atoms with Crippen LogP contribution in [-0.4, -0.2) is 17.2 Å². The van der Waals surface area contributed by atoms with Crippen LogP contribution < -0.4 is 5.73 Å². The van der Waals surface area contributed by atoms with E-state index in [2.05, 4.69) is 20.8 Å². The first kappa shape index (κ1) is 11.4. The van der Waals surface area contributed by atoms with Crippen molar-refractivity contribution < 1.29 is 4.74 Å². The Morgan fingerprint density at radius 3 is 2.47 bits per heavy atom. The summed E-state index contributed by atoms with van der Waals surface area (Å²) in [6.45, 7) is 6.69. The van der Waals surface area contributed by atoms with Crippen molar-refractivity contribution in [2.45, 2.75) is 76.5 Å². The van der Waals surface area contributed by atoms with Gasteiger partial charge in [-0.25, -0.2) is 0 Å². The van der Waals surface area contributed by atoms with Gasteiger partial charge < -0.3 is 10.5 Å². The standard InChI is InChI=1S/C13H25NO/c1-10-4-7-13(14,8-10)9-11-5-6-12(2,3)15-11/h10-11H,4-9,14H2,1-3H3. The zero-order valence-corrected chi connectivity index (χ0v) is 10.4. The van der Waals surface area contributed by atoms with E-state index >= 15 is 0 Å². The van der Waals surface area contributed by atoms with Crippen molar-refractivity contribution in [3.05, 3.63) is 0 Å². The molecule has 0 bridgehead atoms. The van der Waals surface area contributed by atoms with Crippen LogP contribution in [0.25, 0.3) is 0 Å². The first-order chi connectivity index (χ1) is 6.89. The van der Waals surface area contributed by atoms with Crippen molar-refractivity contribution in [2.75, 3.05) is 0 Å². The van der Waals surface area contributed by atoms with E-state index in [1.165, 1.54) is 32.1 Å². The average molecular weight is 211 g/mol. The van der Waals surface area contributed by atoms with Crippen molar-refractivity contribution in [3.8, 4) is 0 Å². The molecule has 1 saturated heterocycles. The molecule has 2 N–H and O–H groups in total. The Labute approximate surface area is 93.6 Å². The maximum absolute atomic E-state index is 6.44. The molecule has 0 aromatic heterocycles. The molecule has 2 nitrogen and oxygen atoms in total. The summed E-state index contributed by atoms with van der Waals surface area (Å²) in [7, 11) is 0. The van der Waals surface area contributed by atoms with Gasteiger partial charge in [-0.1, -0.05) is 6.92 Å². The van der Waals surface area contributed by atoms with Gasteiger partial charge in [-0.3, -0.25) is 0 Å². The van der Waals surface area contributed by atoms with Gasteiger partial charge in [-0.15, -0.1) is 0 Å². The van der Waals surface area contributed by atoms with Gasteiger partial charge in [-0.05, 0) is 58.3 Å². The van der Waals surface area contributed by atoms with E-state index in [-0.39, 0.29) is 11.1 Å². The van der Waals surface area contributed by atoms with Crippen LogP contribution in [0.3, 0.4) is 0 Å². The minimum absolute atomic E-state index is 0.0739. The Morgan fingerprint density at radius 2 is 2.00 bits per heavy atom. The minimum atomic E-state index is 0.0739. The summed E-state index contributed by atoms with van der Waals surface area (Å²) in [6.07, 6.45) is 7.54. The fourth-order valence-corrected chi connectivity index (χ4v) is 3.29. The maximum atomic E-state index is 6.44. The molecule has 0 amide bonds. The third-order valence-corrected chi connectivity index (χ3v) is 4.08. The zero-order valence-electron chi connectivity index (χ0n) is 10.4. The van der Waals surface area contributed by atoms with Crippen molar-refractivity contribution in [1.82, 2.24) is 0 Å². The monoisotopic (exact) mass is 211 g/mol. The van der Waals surface area contributed by atoms with Crippen molar-refractivity contribution in [2.24, 2.45) is 11.7 Å². The molecule has 0 aromatic carbocycles. The van der Waals surface area contributed by atoms with Crippen molar-refractivity contribution >= 4 is 0 Å². The van der Waals surface area contributed by atoms with E-state index < -0.39 is 0 Å². The second kappa shape index (κ2) is 3.74. The summed E-state index contributed by atoms with van der Waals surface area (Å²) >= 11 is 0. The molecule has 2 aliphatic rings. The second-order valence-corrected chi connectivity index (χ2v) is 6.45. The van der Waals surface area contributed by atoms with Crippen LogP contribution in [0.2, 0.25) is 0 Å². The highest BCUT2D eigenvalue weighted by Gasteiger charge is 2.40. The Kier molecular flexibility index (Phi) is 2.85. The smallest absolute Gasteiger partial charge is 0.0631 e. The average Bonchev–Trinajstić information content (AvgIpc) is 2.56. The molecule has 15 heavy (non-hydrogen) atoms. The van der Waals surface area contributed by atoms with Crippen LogP contribution in [0.15, 0.2) is 0 Å². The summed E-state index contributed by atoms with van der Waals surface area (Å²) in [4.78, 5) is 0. The Balaban J connectivity index is 1.87. The van der Waals surface area contributed by atoms with Gasteiger partial charge in [-0.2, -0.15) is 0 Å². The lowest BCUT2D eigenvalue weighted by Crippen LogP contribution is -2.40. The van der Waals surface area contributed by atoms with Crippen LogP contribution in [0.4, 0.5) is 0 Å². The minimum Gasteiger partial charge on any atom is -0.372 e. The van der Waals surface area contributed by atoms with Crippen LogP contribution >= 0.6 is 0 Å². The molecule has 2 rings (SSSR count). The summed E-state index contributed by atoms with van der Waals surface area (Å²) in [5.41, 5.74) is 6.60. The maximum Gasteiger partial charge on any atom is 0.0631 e. The SMILES string of the molecule is CC1CCC(N)(CC2CCC(C)(C)O2)C1. The highest BCUT2D eigenvalue weighted by molar-refractivity contribution is 4.96. The highest BCUT2D eigenvalue weighted by Crippen LogP contribution is 2.40. The van der Waals surface area contributed by atoms with Gasteiger partial charge in [0.05, 0.1) is 11.7 Å². The molecule has 1 saturated carbocycles. The quantitative estimate of drug-likeness (QED) is 0.762. The van der Waals surface area contributed by atoms with E-state index in [0.717, 1.165) is 12.3 Å². The van der Waals surface area contributed by atoms with Crippen LogP contribution in [0.5, 0.6) is 0 Å². The Hall–Kier alpha value is -0.0800. The largest absolute Gasteiger partial charge is 0.372 e. The van der Waals surface area contributed by atoms with E-state index in [4.69, 9.17) is 10.5 Å². The molecule has 0 radical (unpaired) electrons. The van der Waals surface area contributed by atoms with E-state index in [1.807, 2.05) is 0 Å². The zero-order chi connectivity index (χ0) is 11.1. The number of ether oxygens (including phenoxy) is 1. The predicted molar refractivity (Wildman–Crippen MR) is 62.7 cm³/mol. The molecule has 1 heterocycles.